The van der Waals surface area contributed by atoms with Crippen LogP contribution in [0.2, 0.25) is 0 Å². The molecule has 3 rings (SSSR count). The molecule has 2 aliphatic rings. The molecule has 2 fully saturated rings. The molecule has 1 aromatic rings. The van der Waals surface area contributed by atoms with Crippen LogP contribution >= 0.6 is 0 Å². The molecule has 0 radical (unpaired) electrons. The highest BCUT2D eigenvalue weighted by Crippen LogP contribution is 2.28. The first-order valence-corrected chi connectivity index (χ1v) is 9.45. The van der Waals surface area contributed by atoms with Crippen LogP contribution in [0, 0.1) is 0 Å². The van der Waals surface area contributed by atoms with E-state index in [-0.39, 0.29) is 24.0 Å². The van der Waals surface area contributed by atoms with Crippen LogP contribution in [0.4, 0.5) is 0 Å². The van der Waals surface area contributed by atoms with E-state index in [1.165, 1.54) is 0 Å². The molecule has 1 aliphatic carbocycles. The summed E-state index contributed by atoms with van der Waals surface area (Å²) in [6.45, 7) is 2.70. The summed E-state index contributed by atoms with van der Waals surface area (Å²) in [5, 5.41) is 2.91. The first-order chi connectivity index (χ1) is 10.4. The minimum atomic E-state index is -3.02. The molecule has 1 aromatic heterocycles. The first kappa shape index (κ1) is 15.6. The third-order valence-corrected chi connectivity index (χ3v) is 6.20. The number of hydrogen-bond donors (Lipinski definition) is 1. The van der Waals surface area contributed by atoms with Crippen molar-refractivity contribution in [2.45, 2.75) is 44.3 Å². The largest absolute Gasteiger partial charge is 0.468 e. The Bertz CT molecular complexity index is 637. The third-order valence-electron chi connectivity index (χ3n) is 4.29. The molecule has 1 amide bonds. The number of amides is 1. The van der Waals surface area contributed by atoms with Crippen molar-refractivity contribution in [2.24, 2.45) is 0 Å². The fraction of sp³-hybridized carbons (Fsp3) is 0.667. The van der Waals surface area contributed by atoms with Gasteiger partial charge in [0, 0.05) is 6.04 Å². The number of nitrogens with one attached hydrogen (secondary N) is 1. The summed E-state index contributed by atoms with van der Waals surface area (Å²) in [6, 6.07) is 4.17. The molecule has 0 aromatic carbocycles. The second kappa shape index (κ2) is 5.70. The molecule has 1 atom stereocenters. The molecule has 6 nitrogen and oxygen atoms in total. The monoisotopic (exact) mass is 326 g/mol. The van der Waals surface area contributed by atoms with E-state index < -0.39 is 15.4 Å². The summed E-state index contributed by atoms with van der Waals surface area (Å²) < 4.78 is 28.6. The van der Waals surface area contributed by atoms with Crippen LogP contribution in [0.25, 0.3) is 0 Å². The summed E-state index contributed by atoms with van der Waals surface area (Å²) in [5.41, 5.74) is -0.629. The fourth-order valence-electron chi connectivity index (χ4n) is 3.03. The van der Waals surface area contributed by atoms with Crippen LogP contribution in [0.1, 0.15) is 31.9 Å². The van der Waals surface area contributed by atoms with Crippen LogP contribution in [-0.2, 0) is 21.2 Å². The summed E-state index contributed by atoms with van der Waals surface area (Å²) in [6.07, 6.45) is 4.31. The maximum Gasteiger partial charge on any atom is 0.234 e. The summed E-state index contributed by atoms with van der Waals surface area (Å²) >= 11 is 0. The zero-order chi connectivity index (χ0) is 15.8. The van der Waals surface area contributed by atoms with E-state index in [1.807, 2.05) is 19.1 Å². The van der Waals surface area contributed by atoms with Gasteiger partial charge in [-0.3, -0.25) is 9.69 Å². The lowest BCUT2D eigenvalue weighted by atomic mass is 10.0. The topological polar surface area (TPSA) is 79.6 Å². The Morgan fingerprint density at radius 2 is 2.27 bits per heavy atom. The third kappa shape index (κ3) is 3.89. The van der Waals surface area contributed by atoms with Crippen molar-refractivity contribution in [1.82, 2.24) is 10.2 Å². The fourth-order valence-corrected chi connectivity index (χ4v) is 5.12. The molecule has 2 heterocycles. The van der Waals surface area contributed by atoms with Crippen molar-refractivity contribution in [3.63, 3.8) is 0 Å². The average molecular weight is 326 g/mol. The van der Waals surface area contributed by atoms with Gasteiger partial charge in [0.1, 0.15) is 5.76 Å². The van der Waals surface area contributed by atoms with Crippen molar-refractivity contribution >= 4 is 15.7 Å². The predicted octanol–water partition coefficient (Wildman–Crippen LogP) is 0.937. The second-order valence-electron chi connectivity index (χ2n) is 6.67. The minimum absolute atomic E-state index is 0.0351. The van der Waals surface area contributed by atoms with Gasteiger partial charge >= 0.3 is 0 Å². The van der Waals surface area contributed by atoms with Gasteiger partial charge in [-0.2, -0.15) is 0 Å². The average Bonchev–Trinajstić information content (AvgIpc) is 3.06. The smallest absolute Gasteiger partial charge is 0.234 e. The van der Waals surface area contributed by atoms with Crippen molar-refractivity contribution in [3.8, 4) is 0 Å². The molecule has 1 aliphatic heterocycles. The Hall–Kier alpha value is -1.34. The second-order valence-corrected chi connectivity index (χ2v) is 8.85. The molecule has 1 saturated heterocycles. The summed E-state index contributed by atoms with van der Waals surface area (Å²) in [7, 11) is -3.02. The zero-order valence-corrected chi connectivity index (χ0v) is 13.6. The Labute approximate surface area is 130 Å². The van der Waals surface area contributed by atoms with E-state index in [1.54, 1.807) is 6.26 Å². The van der Waals surface area contributed by atoms with E-state index in [2.05, 4.69) is 10.2 Å². The molecule has 1 N–H and O–H groups in total. The molecular weight excluding hydrogens is 304 g/mol. The SMILES string of the molecule is CC1(NC(=O)CN(Cc2ccco2)C2CC2)CCS(=O)(=O)C1. The lowest BCUT2D eigenvalue weighted by Crippen LogP contribution is -2.50. The number of carbonyl (C=O) groups excluding carboxylic acids is 1. The normalized spacial score (nSPS) is 27.2. The van der Waals surface area contributed by atoms with Crippen LogP contribution in [0.15, 0.2) is 22.8 Å². The number of rotatable bonds is 6. The van der Waals surface area contributed by atoms with Gasteiger partial charge in [0.2, 0.25) is 5.91 Å². The maximum atomic E-state index is 12.3. The molecule has 1 saturated carbocycles. The standard InChI is InChI=1S/C15H22N2O4S/c1-15(6-8-22(19,20)11-15)16-14(18)10-17(12-4-5-12)9-13-3-2-7-21-13/h2-3,7,12H,4-6,8-11H2,1H3,(H,16,18). The van der Waals surface area contributed by atoms with Gasteiger partial charge in [-0.05, 0) is 38.3 Å². The Balaban J connectivity index is 1.57. The number of carbonyl (C=O) groups is 1. The lowest BCUT2D eigenvalue weighted by Gasteiger charge is -2.27. The first-order valence-electron chi connectivity index (χ1n) is 7.63. The number of hydrogen-bond acceptors (Lipinski definition) is 5. The van der Waals surface area contributed by atoms with Gasteiger partial charge in [0.05, 0.1) is 36.4 Å². The van der Waals surface area contributed by atoms with E-state index >= 15 is 0 Å². The molecule has 1 unspecified atom stereocenters. The van der Waals surface area contributed by atoms with E-state index in [0.29, 0.717) is 19.0 Å². The molecule has 122 valence electrons. The van der Waals surface area contributed by atoms with Gasteiger partial charge < -0.3 is 9.73 Å². The molecule has 0 bridgehead atoms. The Morgan fingerprint density at radius 1 is 1.50 bits per heavy atom. The van der Waals surface area contributed by atoms with Gasteiger partial charge in [-0.1, -0.05) is 0 Å². The van der Waals surface area contributed by atoms with Crippen LogP contribution in [-0.4, -0.2) is 48.9 Å². The number of furan rings is 1. The molecule has 0 spiro atoms. The zero-order valence-electron chi connectivity index (χ0n) is 12.7. The van der Waals surface area contributed by atoms with Crippen LogP contribution < -0.4 is 5.32 Å². The highest BCUT2D eigenvalue weighted by molar-refractivity contribution is 7.91. The van der Waals surface area contributed by atoms with Crippen LogP contribution in [0.5, 0.6) is 0 Å². The van der Waals surface area contributed by atoms with E-state index in [9.17, 15) is 13.2 Å². The summed E-state index contributed by atoms with van der Waals surface area (Å²) in [4.78, 5) is 14.4. The van der Waals surface area contributed by atoms with Crippen molar-refractivity contribution in [1.29, 1.82) is 0 Å². The van der Waals surface area contributed by atoms with Gasteiger partial charge in [-0.25, -0.2) is 8.42 Å². The number of sulfone groups is 1. The van der Waals surface area contributed by atoms with Crippen LogP contribution in [0.3, 0.4) is 0 Å². The van der Waals surface area contributed by atoms with E-state index in [4.69, 9.17) is 4.42 Å². The Kier molecular flexibility index (Phi) is 4.03. The predicted molar refractivity (Wildman–Crippen MR) is 82.0 cm³/mol. The molecular formula is C15H22N2O4S. The highest BCUT2D eigenvalue weighted by Gasteiger charge is 2.40. The van der Waals surface area contributed by atoms with E-state index in [0.717, 1.165) is 18.6 Å². The molecule has 22 heavy (non-hydrogen) atoms. The number of nitrogens with zero attached hydrogens (tertiary/aromatic N) is 1. The maximum absolute atomic E-state index is 12.3. The quantitative estimate of drug-likeness (QED) is 0.841. The Morgan fingerprint density at radius 3 is 2.82 bits per heavy atom. The van der Waals surface area contributed by atoms with Gasteiger partial charge in [0.15, 0.2) is 9.84 Å². The van der Waals surface area contributed by atoms with Crippen molar-refractivity contribution in [2.75, 3.05) is 18.1 Å². The van der Waals surface area contributed by atoms with Crippen molar-refractivity contribution < 1.29 is 17.6 Å². The van der Waals surface area contributed by atoms with Crippen molar-refractivity contribution in [3.05, 3.63) is 24.2 Å². The minimum Gasteiger partial charge on any atom is -0.468 e. The highest BCUT2D eigenvalue weighted by atomic mass is 32.2. The molecule has 7 heteroatoms. The van der Waals surface area contributed by atoms with Gasteiger partial charge in [0.25, 0.3) is 0 Å². The van der Waals surface area contributed by atoms with Gasteiger partial charge in [-0.15, -0.1) is 0 Å². The summed E-state index contributed by atoms with van der Waals surface area (Å²) in [5.74, 6) is 0.919. The lowest BCUT2D eigenvalue weighted by molar-refractivity contribution is -0.124.